The molecule has 3 heteroatoms. The van der Waals surface area contributed by atoms with E-state index in [0.717, 1.165) is 12.4 Å². The highest BCUT2D eigenvalue weighted by Crippen LogP contribution is 2.37. The fraction of sp³-hybridized carbons (Fsp3) is 0.294. The summed E-state index contributed by atoms with van der Waals surface area (Å²) in [6.45, 7) is 2.99. The van der Waals surface area contributed by atoms with Crippen LogP contribution in [-0.2, 0) is 0 Å². The van der Waals surface area contributed by atoms with Crippen molar-refractivity contribution in [1.82, 2.24) is 0 Å². The molecule has 0 spiro atoms. The van der Waals surface area contributed by atoms with Crippen LogP contribution in [0.3, 0.4) is 0 Å². The number of nitrogens with one attached hydrogen (secondary N) is 1. The summed E-state index contributed by atoms with van der Waals surface area (Å²) in [6.07, 6.45) is 2.10. The van der Waals surface area contributed by atoms with Gasteiger partial charge < -0.3 is 10.1 Å². The van der Waals surface area contributed by atoms with E-state index in [1.807, 2.05) is 12.1 Å². The standard InChI is InChI=1S/C17H19NOS/c1-12-11-19-16-9-4-3-8-15(16)17(12)18-13-6-5-7-14(10-13)20-2/h3-10,12,17-18H,11H2,1-2H3. The monoisotopic (exact) mass is 285 g/mol. The quantitative estimate of drug-likeness (QED) is 0.833. The van der Waals surface area contributed by atoms with Crippen LogP contribution >= 0.6 is 11.8 Å². The molecule has 0 bridgehead atoms. The van der Waals surface area contributed by atoms with E-state index in [2.05, 4.69) is 54.9 Å². The van der Waals surface area contributed by atoms with Crippen LogP contribution in [0, 0.1) is 5.92 Å². The first-order valence-electron chi connectivity index (χ1n) is 6.90. The fourth-order valence-electron chi connectivity index (χ4n) is 2.61. The van der Waals surface area contributed by atoms with Gasteiger partial charge in [0.05, 0.1) is 12.6 Å². The minimum atomic E-state index is 0.303. The minimum Gasteiger partial charge on any atom is -0.493 e. The molecule has 0 aliphatic carbocycles. The maximum atomic E-state index is 5.80. The highest BCUT2D eigenvalue weighted by molar-refractivity contribution is 7.98. The molecular weight excluding hydrogens is 266 g/mol. The van der Waals surface area contributed by atoms with Crippen molar-refractivity contribution >= 4 is 17.4 Å². The topological polar surface area (TPSA) is 21.3 Å². The summed E-state index contributed by atoms with van der Waals surface area (Å²) in [5.41, 5.74) is 2.42. The molecule has 2 atom stereocenters. The maximum absolute atomic E-state index is 5.80. The third kappa shape index (κ3) is 2.63. The molecule has 0 amide bonds. The Morgan fingerprint density at radius 3 is 2.85 bits per heavy atom. The molecule has 0 saturated carbocycles. The van der Waals surface area contributed by atoms with Gasteiger partial charge in [-0.05, 0) is 30.5 Å². The van der Waals surface area contributed by atoms with E-state index in [-0.39, 0.29) is 0 Å². The average Bonchev–Trinajstić information content (AvgIpc) is 2.50. The smallest absolute Gasteiger partial charge is 0.124 e. The third-order valence-electron chi connectivity index (χ3n) is 3.72. The summed E-state index contributed by atoms with van der Waals surface area (Å²) >= 11 is 1.77. The molecule has 104 valence electrons. The van der Waals surface area contributed by atoms with Crippen LogP contribution in [0.5, 0.6) is 5.75 Å². The van der Waals surface area contributed by atoms with E-state index in [4.69, 9.17) is 4.74 Å². The number of rotatable bonds is 3. The Bertz CT molecular complexity index is 599. The minimum absolute atomic E-state index is 0.303. The number of fused-ring (bicyclic) bond motifs is 1. The normalized spacial score (nSPS) is 20.9. The molecule has 2 aromatic carbocycles. The Hall–Kier alpha value is -1.61. The Labute approximate surface area is 124 Å². The Kier molecular flexibility index (Phi) is 3.88. The van der Waals surface area contributed by atoms with Gasteiger partial charge in [0.1, 0.15) is 5.75 Å². The number of thioether (sulfide) groups is 1. The molecule has 0 fully saturated rings. The first kappa shape index (κ1) is 13.4. The predicted molar refractivity (Wildman–Crippen MR) is 85.7 cm³/mol. The van der Waals surface area contributed by atoms with Crippen LogP contribution in [0.2, 0.25) is 0 Å². The first-order chi connectivity index (χ1) is 9.78. The van der Waals surface area contributed by atoms with Gasteiger partial charge in [-0.15, -0.1) is 11.8 Å². The van der Waals surface area contributed by atoms with Crippen molar-refractivity contribution in [2.24, 2.45) is 5.92 Å². The van der Waals surface area contributed by atoms with Crippen molar-refractivity contribution in [1.29, 1.82) is 0 Å². The molecule has 2 aromatic rings. The summed E-state index contributed by atoms with van der Waals surface area (Å²) in [4.78, 5) is 1.28. The van der Waals surface area contributed by atoms with Gasteiger partial charge in [-0.25, -0.2) is 0 Å². The van der Waals surface area contributed by atoms with Crippen LogP contribution in [0.25, 0.3) is 0 Å². The van der Waals surface area contributed by atoms with E-state index in [9.17, 15) is 0 Å². The summed E-state index contributed by atoms with van der Waals surface area (Å²) in [5, 5.41) is 3.67. The molecule has 1 aliphatic heterocycles. The molecular formula is C17H19NOS. The highest BCUT2D eigenvalue weighted by Gasteiger charge is 2.27. The Balaban J connectivity index is 1.89. The van der Waals surface area contributed by atoms with E-state index in [0.29, 0.717) is 12.0 Å². The molecule has 2 unspecified atom stereocenters. The predicted octanol–water partition coefficient (Wildman–Crippen LogP) is 4.59. The summed E-state index contributed by atoms with van der Waals surface area (Å²) < 4.78 is 5.80. The second-order valence-electron chi connectivity index (χ2n) is 5.18. The zero-order valence-corrected chi connectivity index (χ0v) is 12.6. The third-order valence-corrected chi connectivity index (χ3v) is 4.44. The van der Waals surface area contributed by atoms with Crippen LogP contribution < -0.4 is 10.1 Å². The number of hydrogen-bond acceptors (Lipinski definition) is 3. The fourth-order valence-corrected chi connectivity index (χ4v) is 3.06. The van der Waals surface area contributed by atoms with Crippen LogP contribution in [0.4, 0.5) is 5.69 Å². The van der Waals surface area contributed by atoms with E-state index < -0.39 is 0 Å². The van der Waals surface area contributed by atoms with Gasteiger partial charge in [-0.3, -0.25) is 0 Å². The van der Waals surface area contributed by atoms with Gasteiger partial charge in [-0.2, -0.15) is 0 Å². The van der Waals surface area contributed by atoms with Gasteiger partial charge in [-0.1, -0.05) is 31.2 Å². The molecule has 3 rings (SSSR count). The lowest BCUT2D eigenvalue weighted by atomic mass is 9.92. The first-order valence-corrected chi connectivity index (χ1v) is 8.12. The molecule has 0 saturated heterocycles. The van der Waals surface area contributed by atoms with Crippen molar-refractivity contribution in [2.45, 2.75) is 17.9 Å². The Morgan fingerprint density at radius 1 is 1.15 bits per heavy atom. The lowest BCUT2D eigenvalue weighted by Gasteiger charge is -2.32. The summed E-state index contributed by atoms with van der Waals surface area (Å²) in [5.74, 6) is 1.45. The molecule has 20 heavy (non-hydrogen) atoms. The molecule has 1 N–H and O–H groups in total. The van der Waals surface area contributed by atoms with Crippen molar-refractivity contribution in [2.75, 3.05) is 18.2 Å². The maximum Gasteiger partial charge on any atom is 0.124 e. The van der Waals surface area contributed by atoms with Crippen molar-refractivity contribution in [3.8, 4) is 5.75 Å². The number of anilines is 1. The van der Waals surface area contributed by atoms with Gasteiger partial charge in [0, 0.05) is 22.1 Å². The number of ether oxygens (including phenoxy) is 1. The summed E-state index contributed by atoms with van der Waals surface area (Å²) in [6, 6.07) is 17.2. The molecule has 0 radical (unpaired) electrons. The van der Waals surface area contributed by atoms with E-state index >= 15 is 0 Å². The van der Waals surface area contributed by atoms with Crippen molar-refractivity contribution in [3.63, 3.8) is 0 Å². The van der Waals surface area contributed by atoms with Crippen LogP contribution in [-0.4, -0.2) is 12.9 Å². The SMILES string of the molecule is CSc1cccc(NC2c3ccccc3OCC2C)c1. The van der Waals surface area contributed by atoms with Crippen molar-refractivity contribution < 1.29 is 4.74 Å². The van der Waals surface area contributed by atoms with Crippen LogP contribution in [0.1, 0.15) is 18.5 Å². The second kappa shape index (κ2) is 5.80. The summed E-state index contributed by atoms with van der Waals surface area (Å²) in [7, 11) is 0. The van der Waals surface area contributed by atoms with E-state index in [1.54, 1.807) is 11.8 Å². The van der Waals surface area contributed by atoms with Gasteiger partial charge in [0.25, 0.3) is 0 Å². The number of benzene rings is 2. The van der Waals surface area contributed by atoms with Gasteiger partial charge >= 0.3 is 0 Å². The lowest BCUT2D eigenvalue weighted by Crippen LogP contribution is -2.28. The molecule has 1 aliphatic rings. The molecule has 0 aromatic heterocycles. The van der Waals surface area contributed by atoms with Gasteiger partial charge in [0.2, 0.25) is 0 Å². The van der Waals surface area contributed by atoms with Crippen molar-refractivity contribution in [3.05, 3.63) is 54.1 Å². The lowest BCUT2D eigenvalue weighted by molar-refractivity contribution is 0.214. The zero-order valence-electron chi connectivity index (χ0n) is 11.8. The Morgan fingerprint density at radius 2 is 2.00 bits per heavy atom. The second-order valence-corrected chi connectivity index (χ2v) is 6.06. The van der Waals surface area contributed by atoms with E-state index in [1.165, 1.54) is 16.1 Å². The number of hydrogen-bond donors (Lipinski definition) is 1. The largest absolute Gasteiger partial charge is 0.493 e. The molecule has 1 heterocycles. The van der Waals surface area contributed by atoms with Gasteiger partial charge in [0.15, 0.2) is 0 Å². The highest BCUT2D eigenvalue weighted by atomic mass is 32.2. The average molecular weight is 285 g/mol. The molecule has 2 nitrogen and oxygen atoms in total. The van der Waals surface area contributed by atoms with Crippen LogP contribution in [0.15, 0.2) is 53.4 Å². The number of para-hydroxylation sites is 1. The zero-order chi connectivity index (χ0) is 13.9.